The van der Waals surface area contributed by atoms with Crippen molar-refractivity contribution in [2.24, 2.45) is 0 Å². The summed E-state index contributed by atoms with van der Waals surface area (Å²) in [6.07, 6.45) is 1.79. The molecule has 1 amide bonds. The van der Waals surface area contributed by atoms with Crippen LogP contribution in [0.1, 0.15) is 65.1 Å². The van der Waals surface area contributed by atoms with Gasteiger partial charge in [-0.05, 0) is 65.4 Å². The van der Waals surface area contributed by atoms with Crippen molar-refractivity contribution in [3.05, 3.63) is 106 Å². The maximum absolute atomic E-state index is 12.5. The molecule has 0 fully saturated rings. The van der Waals surface area contributed by atoms with Crippen molar-refractivity contribution in [1.29, 1.82) is 0 Å². The van der Waals surface area contributed by atoms with Gasteiger partial charge in [-0.2, -0.15) is 0 Å². The first-order chi connectivity index (χ1) is 18.4. The van der Waals surface area contributed by atoms with Gasteiger partial charge in [0.2, 0.25) is 5.88 Å². The lowest BCUT2D eigenvalue weighted by molar-refractivity contribution is -0.136. The van der Waals surface area contributed by atoms with Gasteiger partial charge in [0, 0.05) is 34.5 Å². The molecule has 4 rings (SSSR count). The summed E-state index contributed by atoms with van der Waals surface area (Å²) in [7, 11) is 1.61. The molecule has 1 aromatic heterocycles. The molecule has 1 heterocycles. The van der Waals surface area contributed by atoms with Crippen molar-refractivity contribution in [2.75, 3.05) is 13.7 Å². The van der Waals surface area contributed by atoms with Gasteiger partial charge < -0.3 is 15.2 Å². The van der Waals surface area contributed by atoms with Crippen LogP contribution in [-0.2, 0) is 4.79 Å². The van der Waals surface area contributed by atoms with E-state index in [2.05, 4.69) is 41.5 Å². The Balaban J connectivity index is 1.76. The monoisotopic (exact) mass is 530 g/mol. The summed E-state index contributed by atoms with van der Waals surface area (Å²) >= 11 is 6.25. The lowest BCUT2D eigenvalue weighted by Gasteiger charge is -2.30. The van der Waals surface area contributed by atoms with Gasteiger partial charge >= 0.3 is 5.97 Å². The number of aliphatic carboxylic acids is 1. The van der Waals surface area contributed by atoms with E-state index >= 15 is 0 Å². The highest BCUT2D eigenvalue weighted by Crippen LogP contribution is 2.44. The molecule has 0 bridgehead atoms. The summed E-state index contributed by atoms with van der Waals surface area (Å²) in [6.45, 7) is 2.26. The van der Waals surface area contributed by atoms with Crippen LogP contribution < -0.4 is 10.1 Å². The molecule has 38 heavy (non-hydrogen) atoms. The van der Waals surface area contributed by atoms with Crippen LogP contribution in [0.2, 0.25) is 5.02 Å². The maximum atomic E-state index is 12.5. The number of carboxylic acids is 1. The molecule has 3 aromatic carbocycles. The molecule has 2 unspecified atom stereocenters. The molecule has 6 nitrogen and oxygen atoms in total. The number of carboxylic acid groups (broad SMARTS) is 1. The number of hydrogen-bond acceptors (Lipinski definition) is 4. The number of carbonyl (C=O) groups excluding carboxylic acids is 1. The number of nitrogens with one attached hydrogen (secondary N) is 1. The molecule has 2 atom stereocenters. The molecule has 7 heteroatoms. The number of fused-ring (bicyclic) bond motifs is 1. The predicted octanol–water partition coefficient (Wildman–Crippen LogP) is 6.82. The zero-order valence-electron chi connectivity index (χ0n) is 21.5. The molecule has 0 saturated carbocycles. The number of ether oxygens (including phenoxy) is 1. The number of benzene rings is 3. The van der Waals surface area contributed by atoms with E-state index in [0.717, 1.165) is 40.4 Å². The Labute approximate surface area is 227 Å². The van der Waals surface area contributed by atoms with Gasteiger partial charge in [0.25, 0.3) is 5.91 Å². The minimum atomic E-state index is -0.946. The number of carbonyl (C=O) groups is 2. The van der Waals surface area contributed by atoms with Gasteiger partial charge in [-0.3, -0.25) is 9.59 Å². The Morgan fingerprint density at radius 2 is 1.68 bits per heavy atom. The Morgan fingerprint density at radius 3 is 2.34 bits per heavy atom. The molecule has 0 aliphatic rings. The Hall–Kier alpha value is -3.90. The topological polar surface area (TPSA) is 88.5 Å². The predicted molar refractivity (Wildman–Crippen MR) is 150 cm³/mol. The summed E-state index contributed by atoms with van der Waals surface area (Å²) in [5.41, 5.74) is 4.79. The highest BCUT2D eigenvalue weighted by molar-refractivity contribution is 6.30. The fraction of sp³-hybridized carbons (Fsp3) is 0.258. The number of nitrogens with zero attached hydrogens (tertiary/aromatic N) is 1. The lowest BCUT2D eigenvalue weighted by Crippen LogP contribution is -2.26. The second-order valence-corrected chi connectivity index (χ2v) is 9.65. The van der Waals surface area contributed by atoms with Crippen LogP contribution in [0.4, 0.5) is 0 Å². The van der Waals surface area contributed by atoms with Crippen LogP contribution in [0, 0.1) is 0 Å². The minimum absolute atomic E-state index is 0.0151. The summed E-state index contributed by atoms with van der Waals surface area (Å²) in [5, 5.41) is 13.2. The number of hydrogen-bond donors (Lipinski definition) is 2. The van der Waals surface area contributed by atoms with Crippen molar-refractivity contribution >= 4 is 34.4 Å². The number of pyridine rings is 1. The van der Waals surface area contributed by atoms with Gasteiger partial charge in [-0.15, -0.1) is 0 Å². The zero-order valence-corrected chi connectivity index (χ0v) is 22.2. The van der Waals surface area contributed by atoms with Crippen molar-refractivity contribution in [3.63, 3.8) is 0 Å². The van der Waals surface area contributed by atoms with E-state index in [9.17, 15) is 9.59 Å². The smallest absolute Gasteiger partial charge is 0.305 e. The van der Waals surface area contributed by atoms with Crippen LogP contribution in [-0.4, -0.2) is 35.6 Å². The van der Waals surface area contributed by atoms with Crippen molar-refractivity contribution in [1.82, 2.24) is 10.3 Å². The summed E-state index contributed by atoms with van der Waals surface area (Å²) < 4.78 is 5.35. The Kier molecular flexibility index (Phi) is 8.98. The fourth-order valence-corrected chi connectivity index (χ4v) is 5.07. The second kappa shape index (κ2) is 12.6. The molecule has 4 aromatic rings. The number of halogens is 1. The average molecular weight is 531 g/mol. The van der Waals surface area contributed by atoms with E-state index in [0.29, 0.717) is 16.5 Å². The Bertz CT molecular complexity index is 1400. The van der Waals surface area contributed by atoms with E-state index in [1.165, 1.54) is 0 Å². The van der Waals surface area contributed by atoms with E-state index in [4.69, 9.17) is 21.4 Å². The lowest BCUT2D eigenvalue weighted by atomic mass is 9.74. The molecule has 2 N–H and O–H groups in total. The number of methoxy groups -OCH3 is 1. The van der Waals surface area contributed by atoms with E-state index in [-0.39, 0.29) is 30.7 Å². The van der Waals surface area contributed by atoms with Crippen LogP contribution in [0.25, 0.3) is 10.9 Å². The van der Waals surface area contributed by atoms with Crippen molar-refractivity contribution in [3.8, 4) is 5.88 Å². The van der Waals surface area contributed by atoms with Gasteiger partial charge in [0.15, 0.2) is 0 Å². The van der Waals surface area contributed by atoms with E-state index in [1.807, 2.05) is 54.6 Å². The first-order valence-electron chi connectivity index (χ1n) is 12.7. The van der Waals surface area contributed by atoms with Gasteiger partial charge in [-0.1, -0.05) is 61.3 Å². The molecule has 0 aliphatic carbocycles. The molecular weight excluding hydrogens is 500 g/mol. The third-order valence-electron chi connectivity index (χ3n) is 6.74. The highest BCUT2D eigenvalue weighted by atomic mass is 35.5. The maximum Gasteiger partial charge on any atom is 0.305 e. The summed E-state index contributed by atoms with van der Waals surface area (Å²) in [4.78, 5) is 27.9. The minimum Gasteiger partial charge on any atom is -0.481 e. The SMILES string of the molecule is CCCC(c1ccc(C(=O)NCCC(=O)O)cc1)C(c1ccc(Cl)cc1)c1cccc2nc(OC)ccc12. The third kappa shape index (κ3) is 6.32. The van der Waals surface area contributed by atoms with E-state index in [1.54, 1.807) is 7.11 Å². The molecule has 0 saturated heterocycles. The number of aromatic nitrogens is 1. The van der Waals surface area contributed by atoms with Gasteiger partial charge in [0.05, 0.1) is 19.0 Å². The van der Waals surface area contributed by atoms with Gasteiger partial charge in [-0.25, -0.2) is 4.98 Å². The van der Waals surface area contributed by atoms with E-state index < -0.39 is 5.97 Å². The van der Waals surface area contributed by atoms with Gasteiger partial charge in [0.1, 0.15) is 0 Å². The average Bonchev–Trinajstić information content (AvgIpc) is 2.93. The zero-order chi connectivity index (χ0) is 27.1. The third-order valence-corrected chi connectivity index (χ3v) is 6.99. The van der Waals surface area contributed by atoms with Crippen LogP contribution in [0.3, 0.4) is 0 Å². The second-order valence-electron chi connectivity index (χ2n) is 9.21. The first kappa shape index (κ1) is 27.1. The number of amides is 1. The highest BCUT2D eigenvalue weighted by Gasteiger charge is 2.28. The molecule has 196 valence electrons. The summed E-state index contributed by atoms with van der Waals surface area (Å²) in [6, 6.07) is 25.7. The summed E-state index contributed by atoms with van der Waals surface area (Å²) in [5.74, 6) is -0.522. The molecule has 0 spiro atoms. The molecular formula is C31H31ClN2O4. The van der Waals surface area contributed by atoms with Crippen LogP contribution in [0.15, 0.2) is 78.9 Å². The number of rotatable bonds is 11. The fourth-order valence-electron chi connectivity index (χ4n) is 4.95. The molecule has 0 aliphatic heterocycles. The standard InChI is InChI=1S/C31H31ClN2O4/c1-3-5-24(20-8-10-22(11-9-20)31(37)33-19-18-29(35)36)30(21-12-14-23(32)15-13-21)26-6-4-7-27-25(26)16-17-28(34-27)38-2/h4,6-17,24,30H,3,5,18-19H2,1-2H3,(H,33,37)(H,35,36). The van der Waals surface area contributed by atoms with Crippen LogP contribution >= 0.6 is 11.6 Å². The van der Waals surface area contributed by atoms with Crippen molar-refractivity contribution in [2.45, 2.75) is 38.0 Å². The van der Waals surface area contributed by atoms with Crippen molar-refractivity contribution < 1.29 is 19.4 Å². The Morgan fingerprint density at radius 1 is 0.974 bits per heavy atom. The quantitative estimate of drug-likeness (QED) is 0.222. The first-order valence-corrected chi connectivity index (χ1v) is 13.1. The normalized spacial score (nSPS) is 12.6. The molecule has 0 radical (unpaired) electrons. The van der Waals surface area contributed by atoms with Crippen LogP contribution in [0.5, 0.6) is 5.88 Å². The largest absolute Gasteiger partial charge is 0.481 e.